The zero-order chi connectivity index (χ0) is 28.6. The number of anilines is 2. The van der Waals surface area contributed by atoms with Crippen LogP contribution >= 0.6 is 0 Å². The lowest BCUT2D eigenvalue weighted by molar-refractivity contribution is -0.127. The summed E-state index contributed by atoms with van der Waals surface area (Å²) in [6, 6.07) is 35.8. The molecule has 210 valence electrons. The summed E-state index contributed by atoms with van der Waals surface area (Å²) in [6.07, 6.45) is 1.93. The van der Waals surface area contributed by atoms with Crippen LogP contribution in [0.4, 0.5) is 11.4 Å². The van der Waals surface area contributed by atoms with Gasteiger partial charge < -0.3 is 15.5 Å². The lowest BCUT2D eigenvalue weighted by Crippen LogP contribution is -2.48. The Hall–Kier alpha value is -4.42. The van der Waals surface area contributed by atoms with Gasteiger partial charge in [-0.05, 0) is 73.8 Å². The van der Waals surface area contributed by atoms with Crippen molar-refractivity contribution in [2.45, 2.75) is 31.8 Å². The van der Waals surface area contributed by atoms with E-state index in [0.29, 0.717) is 18.2 Å². The zero-order valence-electron chi connectivity index (χ0n) is 23.8. The number of hydrogen-bond donors (Lipinski definition) is 2. The minimum Gasteiger partial charge on any atom is -0.371 e. The van der Waals surface area contributed by atoms with Gasteiger partial charge in [0.25, 0.3) is 5.91 Å². The van der Waals surface area contributed by atoms with Crippen molar-refractivity contribution in [3.05, 3.63) is 120 Å². The first-order valence-electron chi connectivity index (χ1n) is 14.4. The number of piperidine rings is 1. The van der Waals surface area contributed by atoms with E-state index in [4.69, 9.17) is 0 Å². The second-order valence-corrected chi connectivity index (χ2v) is 10.5. The number of carbonyl (C=O) groups is 2. The molecule has 1 aliphatic heterocycles. The summed E-state index contributed by atoms with van der Waals surface area (Å²) in [5.41, 5.74) is 5.50. The number of benzene rings is 4. The molecular formula is C35H38N4O2. The molecule has 0 bridgehead atoms. The van der Waals surface area contributed by atoms with Gasteiger partial charge in [0.2, 0.25) is 5.91 Å². The van der Waals surface area contributed by atoms with Gasteiger partial charge in [-0.15, -0.1) is 0 Å². The molecule has 2 amide bonds. The van der Waals surface area contributed by atoms with E-state index in [1.54, 1.807) is 0 Å². The molecule has 0 radical (unpaired) electrons. The summed E-state index contributed by atoms with van der Waals surface area (Å²) in [6.45, 7) is 4.38. The highest BCUT2D eigenvalue weighted by Gasteiger charge is 2.32. The third kappa shape index (κ3) is 6.67. The molecule has 0 spiro atoms. The van der Waals surface area contributed by atoms with Crippen molar-refractivity contribution in [1.29, 1.82) is 0 Å². The van der Waals surface area contributed by atoms with Crippen LogP contribution < -0.4 is 15.5 Å². The van der Waals surface area contributed by atoms with Gasteiger partial charge in [0.15, 0.2) is 0 Å². The first-order chi connectivity index (χ1) is 20.0. The van der Waals surface area contributed by atoms with Crippen LogP contribution in [0.5, 0.6) is 0 Å². The van der Waals surface area contributed by atoms with Crippen molar-refractivity contribution in [2.75, 3.05) is 36.9 Å². The maximum atomic E-state index is 13.2. The summed E-state index contributed by atoms with van der Waals surface area (Å²) >= 11 is 0. The van der Waals surface area contributed by atoms with Crippen molar-refractivity contribution in [3.63, 3.8) is 0 Å². The average Bonchev–Trinajstić information content (AvgIpc) is 3.03. The minimum absolute atomic E-state index is 0.0488. The molecule has 1 atom stereocenters. The third-order valence-electron chi connectivity index (χ3n) is 7.91. The SMILES string of the molecule is CCNC(=O)C(c1ccccc1)N(C)C1CCN(c2ccc(NC(=O)c3ccccc3-c3ccccc3)cc2)CC1. The molecule has 0 saturated carbocycles. The Bertz CT molecular complexity index is 1430. The zero-order valence-corrected chi connectivity index (χ0v) is 23.8. The number of amides is 2. The van der Waals surface area contributed by atoms with E-state index in [9.17, 15) is 9.59 Å². The maximum Gasteiger partial charge on any atom is 0.256 e. The topological polar surface area (TPSA) is 64.7 Å². The van der Waals surface area contributed by atoms with Crippen molar-refractivity contribution in [2.24, 2.45) is 0 Å². The molecule has 1 aliphatic rings. The number of hydrogen-bond acceptors (Lipinski definition) is 4. The minimum atomic E-state index is -0.303. The van der Waals surface area contributed by atoms with E-state index in [2.05, 4.69) is 39.6 Å². The van der Waals surface area contributed by atoms with Gasteiger partial charge in [0, 0.05) is 42.6 Å². The molecule has 1 heterocycles. The Morgan fingerprint density at radius 2 is 1.44 bits per heavy atom. The van der Waals surface area contributed by atoms with Crippen molar-refractivity contribution < 1.29 is 9.59 Å². The van der Waals surface area contributed by atoms with Crippen LogP contribution in [0.25, 0.3) is 11.1 Å². The molecule has 6 nitrogen and oxygen atoms in total. The van der Waals surface area contributed by atoms with Gasteiger partial charge in [-0.2, -0.15) is 0 Å². The maximum absolute atomic E-state index is 13.2. The van der Waals surface area contributed by atoms with Gasteiger partial charge >= 0.3 is 0 Å². The summed E-state index contributed by atoms with van der Waals surface area (Å²) in [5, 5.41) is 6.09. The standard InChI is InChI=1S/C35H38N4O2/c1-3-36-35(41)33(27-14-8-5-9-15-27)38(2)29-22-24-39(25-23-29)30-20-18-28(19-21-30)37-34(40)32-17-11-10-16-31(32)26-12-6-4-7-13-26/h4-21,29,33H,3,22-25H2,1-2H3,(H,36,41)(H,37,40). The fourth-order valence-corrected chi connectivity index (χ4v) is 5.72. The quantitative estimate of drug-likeness (QED) is 0.256. The van der Waals surface area contributed by atoms with E-state index in [1.807, 2.05) is 104 Å². The molecule has 2 N–H and O–H groups in total. The van der Waals surface area contributed by atoms with Gasteiger partial charge in [-0.3, -0.25) is 14.5 Å². The van der Waals surface area contributed by atoms with Crippen LogP contribution in [-0.2, 0) is 4.79 Å². The molecule has 5 rings (SSSR count). The smallest absolute Gasteiger partial charge is 0.256 e. The van der Waals surface area contributed by atoms with E-state index < -0.39 is 0 Å². The van der Waals surface area contributed by atoms with Gasteiger partial charge in [-0.1, -0.05) is 78.9 Å². The Balaban J connectivity index is 1.21. The highest BCUT2D eigenvalue weighted by atomic mass is 16.2. The molecule has 4 aromatic carbocycles. The van der Waals surface area contributed by atoms with Crippen LogP contribution in [0.15, 0.2) is 109 Å². The normalized spacial score (nSPS) is 14.5. The number of nitrogens with zero attached hydrogens (tertiary/aromatic N) is 2. The Morgan fingerprint density at radius 1 is 0.829 bits per heavy atom. The first kappa shape index (κ1) is 28.1. The predicted octanol–water partition coefficient (Wildman–Crippen LogP) is 6.38. The average molecular weight is 547 g/mol. The first-order valence-corrected chi connectivity index (χ1v) is 14.4. The molecule has 1 fully saturated rings. The van der Waals surface area contributed by atoms with Gasteiger partial charge in [0.1, 0.15) is 6.04 Å². The van der Waals surface area contributed by atoms with E-state index in [-0.39, 0.29) is 17.9 Å². The number of carbonyl (C=O) groups excluding carboxylic acids is 2. The summed E-state index contributed by atoms with van der Waals surface area (Å²) < 4.78 is 0. The molecule has 41 heavy (non-hydrogen) atoms. The molecule has 0 aliphatic carbocycles. The van der Waals surface area contributed by atoms with Crippen LogP contribution in [0, 0.1) is 0 Å². The van der Waals surface area contributed by atoms with Gasteiger partial charge in [-0.25, -0.2) is 0 Å². The van der Waals surface area contributed by atoms with Crippen molar-refractivity contribution in [1.82, 2.24) is 10.2 Å². The van der Waals surface area contributed by atoms with Crippen molar-refractivity contribution >= 4 is 23.2 Å². The summed E-state index contributed by atoms with van der Waals surface area (Å²) in [5.74, 6) is -0.0752. The molecular weight excluding hydrogens is 508 g/mol. The molecule has 6 heteroatoms. The van der Waals surface area contributed by atoms with E-state index >= 15 is 0 Å². The second kappa shape index (κ2) is 13.3. The molecule has 1 saturated heterocycles. The van der Waals surface area contributed by atoms with Crippen molar-refractivity contribution in [3.8, 4) is 11.1 Å². The molecule has 0 aromatic heterocycles. The lowest BCUT2D eigenvalue weighted by atomic mass is 9.97. The van der Waals surface area contributed by atoms with Crippen LogP contribution in [0.3, 0.4) is 0 Å². The number of nitrogens with one attached hydrogen (secondary N) is 2. The predicted molar refractivity (Wildman–Crippen MR) is 167 cm³/mol. The highest BCUT2D eigenvalue weighted by Crippen LogP contribution is 2.29. The Labute approximate surface area is 243 Å². The largest absolute Gasteiger partial charge is 0.371 e. The van der Waals surface area contributed by atoms with Crippen LogP contribution in [0.2, 0.25) is 0 Å². The number of likely N-dealkylation sites (N-methyl/N-ethyl adjacent to an activating group) is 2. The fourth-order valence-electron chi connectivity index (χ4n) is 5.72. The Morgan fingerprint density at radius 3 is 2.10 bits per heavy atom. The second-order valence-electron chi connectivity index (χ2n) is 10.5. The summed E-state index contributed by atoms with van der Waals surface area (Å²) in [4.78, 5) is 30.8. The van der Waals surface area contributed by atoms with Crippen LogP contribution in [-0.4, -0.2) is 49.4 Å². The van der Waals surface area contributed by atoms with E-state index in [0.717, 1.165) is 54.0 Å². The highest BCUT2D eigenvalue weighted by molar-refractivity contribution is 6.08. The van der Waals surface area contributed by atoms with Crippen LogP contribution in [0.1, 0.15) is 41.7 Å². The monoisotopic (exact) mass is 546 g/mol. The lowest BCUT2D eigenvalue weighted by Gasteiger charge is -2.40. The fraction of sp³-hybridized carbons (Fsp3) is 0.257. The summed E-state index contributed by atoms with van der Waals surface area (Å²) in [7, 11) is 2.07. The molecule has 4 aromatic rings. The van der Waals surface area contributed by atoms with E-state index in [1.165, 1.54) is 0 Å². The number of rotatable bonds is 9. The van der Waals surface area contributed by atoms with Gasteiger partial charge in [0.05, 0.1) is 0 Å². The third-order valence-corrected chi connectivity index (χ3v) is 7.91. The molecule has 1 unspecified atom stereocenters. The Kier molecular flexibility index (Phi) is 9.12.